The molecule has 0 atom stereocenters. The molecule has 3 heterocycles. The summed E-state index contributed by atoms with van der Waals surface area (Å²) in [6.45, 7) is 6.43. The van der Waals surface area contributed by atoms with E-state index in [-0.39, 0.29) is 5.95 Å². The van der Waals surface area contributed by atoms with E-state index in [4.69, 9.17) is 5.73 Å². The molecule has 1 aliphatic rings. The van der Waals surface area contributed by atoms with E-state index in [0.717, 1.165) is 41.1 Å². The van der Waals surface area contributed by atoms with Crippen molar-refractivity contribution in [2.75, 3.05) is 24.1 Å². The smallest absolute Gasteiger partial charge is 0.222 e. The lowest BCUT2D eigenvalue weighted by Gasteiger charge is -2.13. The predicted octanol–water partition coefficient (Wildman–Crippen LogP) is 4.14. The highest BCUT2D eigenvalue weighted by Crippen LogP contribution is 2.25. The predicted molar refractivity (Wildman–Crippen MR) is 116 cm³/mol. The monoisotopic (exact) mass is 390 g/mol. The minimum Gasteiger partial charge on any atom is -0.368 e. The Hall–Kier alpha value is -3.29. The van der Waals surface area contributed by atoms with Crippen LogP contribution in [0.25, 0.3) is 11.0 Å². The topological polar surface area (TPSA) is 106 Å². The molecule has 0 saturated heterocycles. The van der Waals surface area contributed by atoms with Crippen molar-refractivity contribution in [3.05, 3.63) is 47.2 Å². The lowest BCUT2D eigenvalue weighted by atomic mass is 10.0. The maximum absolute atomic E-state index is 5.93. The Bertz CT molecular complexity index is 1080. The molecule has 4 rings (SSSR count). The molecule has 0 aliphatic carbocycles. The van der Waals surface area contributed by atoms with Gasteiger partial charge in [0.1, 0.15) is 12.1 Å². The van der Waals surface area contributed by atoms with E-state index in [1.54, 1.807) is 0 Å². The quantitative estimate of drug-likeness (QED) is 0.564. The fraction of sp³-hybridized carbons (Fsp3) is 0.381. The second-order valence-corrected chi connectivity index (χ2v) is 7.32. The van der Waals surface area contributed by atoms with Crippen LogP contribution in [0.5, 0.6) is 0 Å². The maximum atomic E-state index is 5.93. The number of hydrogen-bond acceptors (Lipinski definition) is 7. The van der Waals surface area contributed by atoms with Crippen LogP contribution < -0.4 is 11.1 Å². The zero-order valence-electron chi connectivity index (χ0n) is 16.9. The number of nitrogens with one attached hydrogen (secondary N) is 1. The molecule has 0 fully saturated rings. The van der Waals surface area contributed by atoms with Crippen molar-refractivity contribution in [1.82, 2.24) is 14.5 Å². The van der Waals surface area contributed by atoms with Gasteiger partial charge in [0, 0.05) is 24.8 Å². The van der Waals surface area contributed by atoms with Crippen molar-refractivity contribution in [3.8, 4) is 0 Å². The summed E-state index contributed by atoms with van der Waals surface area (Å²) >= 11 is 0. The van der Waals surface area contributed by atoms with E-state index in [1.165, 1.54) is 24.0 Å². The highest BCUT2D eigenvalue weighted by molar-refractivity contribution is 6.02. The fourth-order valence-electron chi connectivity index (χ4n) is 3.53. The molecule has 1 aliphatic heterocycles. The number of aryl methyl sites for hydroxylation is 1. The Morgan fingerprint density at radius 3 is 2.86 bits per heavy atom. The molecule has 0 saturated carbocycles. The summed E-state index contributed by atoms with van der Waals surface area (Å²) < 4.78 is 2.17. The molecular formula is C21H26N8. The summed E-state index contributed by atoms with van der Waals surface area (Å²) in [6.07, 6.45) is 5.51. The first-order chi connectivity index (χ1) is 14.2. The second kappa shape index (κ2) is 8.38. The maximum Gasteiger partial charge on any atom is 0.222 e. The van der Waals surface area contributed by atoms with Crippen molar-refractivity contribution in [3.63, 3.8) is 0 Å². The van der Waals surface area contributed by atoms with Crippen molar-refractivity contribution in [2.45, 2.75) is 39.7 Å². The Balaban J connectivity index is 1.65. The van der Waals surface area contributed by atoms with Crippen molar-refractivity contribution >= 4 is 28.5 Å². The zero-order chi connectivity index (χ0) is 20.2. The third-order valence-corrected chi connectivity index (χ3v) is 5.17. The number of unbranched alkanes of at least 4 members (excludes halogenated alkanes) is 2. The first-order valence-electron chi connectivity index (χ1n) is 10.0. The van der Waals surface area contributed by atoms with Gasteiger partial charge in [-0.05, 0) is 41.8 Å². The highest BCUT2D eigenvalue weighted by atomic mass is 15.4. The van der Waals surface area contributed by atoms with Gasteiger partial charge in [-0.25, -0.2) is 4.98 Å². The third-order valence-electron chi connectivity index (χ3n) is 5.17. The van der Waals surface area contributed by atoms with Crippen LogP contribution in [0.2, 0.25) is 0 Å². The van der Waals surface area contributed by atoms with E-state index in [9.17, 15) is 0 Å². The van der Waals surface area contributed by atoms with Gasteiger partial charge in [-0.2, -0.15) is 10.1 Å². The van der Waals surface area contributed by atoms with Crippen LogP contribution in [0.1, 0.15) is 42.9 Å². The number of nitrogens with two attached hydrogens (primary N) is 1. The van der Waals surface area contributed by atoms with Crippen molar-refractivity contribution < 1.29 is 0 Å². The van der Waals surface area contributed by atoms with Crippen LogP contribution in [0, 0.1) is 6.92 Å². The standard InChI is InChI=1S/C21H26N8/c1-3-4-5-9-23-20-19-17(25-21(22)26-20)8-10-29(19)13-16-11-15(7-6-14(16)2)18-12-24-28-27-18/h6-8,10-11H,3-5,9,12-13H2,1-2H3,(H3,22,23,25,26). The Morgan fingerprint density at radius 2 is 2.07 bits per heavy atom. The molecule has 0 spiro atoms. The average molecular weight is 390 g/mol. The molecule has 8 heteroatoms. The molecule has 0 amide bonds. The number of anilines is 2. The van der Waals surface area contributed by atoms with E-state index >= 15 is 0 Å². The van der Waals surface area contributed by atoms with Gasteiger partial charge in [-0.15, -0.1) is 5.10 Å². The Morgan fingerprint density at radius 1 is 1.17 bits per heavy atom. The van der Waals surface area contributed by atoms with Gasteiger partial charge in [0.2, 0.25) is 5.95 Å². The Kier molecular flexibility index (Phi) is 5.50. The lowest BCUT2D eigenvalue weighted by Crippen LogP contribution is -2.10. The van der Waals surface area contributed by atoms with E-state index in [2.05, 4.69) is 67.3 Å². The number of fused-ring (bicyclic) bond motifs is 1. The van der Waals surface area contributed by atoms with Crippen molar-refractivity contribution in [1.29, 1.82) is 0 Å². The van der Waals surface area contributed by atoms with Gasteiger partial charge in [-0.3, -0.25) is 0 Å². The van der Waals surface area contributed by atoms with E-state index in [0.29, 0.717) is 13.1 Å². The molecule has 0 bridgehead atoms. The van der Waals surface area contributed by atoms with Crippen LogP contribution in [0.15, 0.2) is 45.9 Å². The minimum absolute atomic E-state index is 0.290. The molecule has 8 nitrogen and oxygen atoms in total. The van der Waals surface area contributed by atoms with Crippen molar-refractivity contribution in [2.24, 2.45) is 15.4 Å². The number of rotatable bonds is 8. The lowest BCUT2D eigenvalue weighted by molar-refractivity contribution is 0.742. The molecule has 29 heavy (non-hydrogen) atoms. The van der Waals surface area contributed by atoms with Crippen LogP contribution >= 0.6 is 0 Å². The van der Waals surface area contributed by atoms with E-state index in [1.807, 2.05) is 12.3 Å². The van der Waals surface area contributed by atoms with Crippen LogP contribution in [-0.2, 0) is 6.54 Å². The van der Waals surface area contributed by atoms with Gasteiger partial charge in [0.25, 0.3) is 0 Å². The number of benzene rings is 1. The Labute approximate surface area is 170 Å². The SMILES string of the molecule is CCCCCNc1nc(N)nc2ccn(Cc3cc(C4=NN=NC4)ccc3C)c12. The molecule has 2 aromatic heterocycles. The number of nitrogens with zero attached hydrogens (tertiary/aromatic N) is 6. The molecule has 3 N–H and O–H groups in total. The molecule has 150 valence electrons. The van der Waals surface area contributed by atoms with Gasteiger partial charge < -0.3 is 15.6 Å². The summed E-state index contributed by atoms with van der Waals surface area (Å²) in [7, 11) is 0. The second-order valence-electron chi connectivity index (χ2n) is 7.32. The zero-order valence-corrected chi connectivity index (χ0v) is 16.9. The molecule has 0 radical (unpaired) electrons. The number of aromatic nitrogens is 3. The summed E-state index contributed by atoms with van der Waals surface area (Å²) in [5.41, 5.74) is 12.1. The summed E-state index contributed by atoms with van der Waals surface area (Å²) in [5, 5.41) is 15.3. The van der Waals surface area contributed by atoms with Crippen LogP contribution in [0.4, 0.5) is 11.8 Å². The van der Waals surface area contributed by atoms with Gasteiger partial charge in [-0.1, -0.05) is 31.9 Å². The highest BCUT2D eigenvalue weighted by Gasteiger charge is 2.14. The van der Waals surface area contributed by atoms with E-state index < -0.39 is 0 Å². The minimum atomic E-state index is 0.290. The van der Waals surface area contributed by atoms with Gasteiger partial charge in [0.15, 0.2) is 5.82 Å². The molecule has 0 unspecified atom stereocenters. The van der Waals surface area contributed by atoms with Gasteiger partial charge >= 0.3 is 0 Å². The summed E-state index contributed by atoms with van der Waals surface area (Å²) in [4.78, 5) is 8.88. The summed E-state index contributed by atoms with van der Waals surface area (Å²) in [6, 6.07) is 8.35. The largest absolute Gasteiger partial charge is 0.368 e. The number of hydrogen-bond donors (Lipinski definition) is 2. The third kappa shape index (κ3) is 4.11. The normalized spacial score (nSPS) is 13.2. The van der Waals surface area contributed by atoms with Gasteiger partial charge in [0.05, 0.1) is 11.2 Å². The summed E-state index contributed by atoms with van der Waals surface area (Å²) in [5.74, 6) is 1.08. The van der Waals surface area contributed by atoms with Crippen LogP contribution in [-0.4, -0.2) is 33.3 Å². The average Bonchev–Trinajstić information content (AvgIpc) is 3.37. The first-order valence-corrected chi connectivity index (χ1v) is 10.0. The van der Waals surface area contributed by atoms with Crippen LogP contribution in [0.3, 0.4) is 0 Å². The molecule has 1 aromatic carbocycles. The molecule has 3 aromatic rings. The first kappa shape index (κ1) is 19.0. The number of nitrogen functional groups attached to an aromatic ring is 1. The molecular weight excluding hydrogens is 364 g/mol. The fourth-order valence-corrected chi connectivity index (χ4v) is 3.53.